The first-order valence-electron chi connectivity index (χ1n) is 10.4. The molecule has 0 unspecified atom stereocenters. The molecule has 0 radical (unpaired) electrons. The second-order valence-corrected chi connectivity index (χ2v) is 8.32. The summed E-state index contributed by atoms with van der Waals surface area (Å²) in [4.78, 5) is 24.8. The zero-order valence-corrected chi connectivity index (χ0v) is 17.2. The second kappa shape index (κ2) is 7.23. The Hall–Kier alpha value is -3.22. The SMILES string of the molecule is Cc1cc(C(=O)C2CC2)ccc1OCc1c(C2CC2)cccc1-n1nnn(C)c1=O. The largest absolute Gasteiger partial charge is 0.489 e. The normalized spacial score (nSPS) is 15.9. The first kappa shape index (κ1) is 18.8. The maximum Gasteiger partial charge on any atom is 0.368 e. The van der Waals surface area contributed by atoms with Crippen molar-refractivity contribution in [2.24, 2.45) is 13.0 Å². The van der Waals surface area contributed by atoms with Gasteiger partial charge in [0.2, 0.25) is 0 Å². The van der Waals surface area contributed by atoms with Gasteiger partial charge in [0.15, 0.2) is 5.78 Å². The number of aromatic nitrogens is 4. The van der Waals surface area contributed by atoms with E-state index < -0.39 is 0 Å². The predicted octanol–water partition coefficient (Wildman–Crippen LogP) is 3.32. The molecule has 30 heavy (non-hydrogen) atoms. The van der Waals surface area contributed by atoms with Crippen molar-refractivity contribution in [2.45, 2.75) is 45.1 Å². The summed E-state index contributed by atoms with van der Waals surface area (Å²) < 4.78 is 8.72. The maximum atomic E-state index is 12.4. The number of aryl methyl sites for hydroxylation is 2. The Morgan fingerprint density at radius 1 is 1.13 bits per heavy atom. The summed E-state index contributed by atoms with van der Waals surface area (Å²) in [6.07, 6.45) is 4.28. The number of tetrazole rings is 1. The molecule has 2 saturated carbocycles. The van der Waals surface area contributed by atoms with Gasteiger partial charge in [0.25, 0.3) is 0 Å². The van der Waals surface area contributed by atoms with E-state index in [4.69, 9.17) is 4.74 Å². The summed E-state index contributed by atoms with van der Waals surface area (Å²) >= 11 is 0. The van der Waals surface area contributed by atoms with Crippen molar-refractivity contribution in [2.75, 3.05) is 0 Å². The van der Waals surface area contributed by atoms with Gasteiger partial charge in [-0.2, -0.15) is 9.36 Å². The van der Waals surface area contributed by atoms with Crippen LogP contribution in [0, 0.1) is 12.8 Å². The fourth-order valence-corrected chi connectivity index (χ4v) is 3.89. The number of hydrogen-bond acceptors (Lipinski definition) is 5. The molecule has 0 amide bonds. The van der Waals surface area contributed by atoms with Gasteiger partial charge in [-0.15, -0.1) is 0 Å². The van der Waals surface area contributed by atoms with E-state index in [0.29, 0.717) is 18.2 Å². The third-order valence-electron chi connectivity index (χ3n) is 5.93. The van der Waals surface area contributed by atoms with Crippen molar-refractivity contribution >= 4 is 5.78 Å². The lowest BCUT2D eigenvalue weighted by Gasteiger charge is -2.16. The van der Waals surface area contributed by atoms with Crippen LogP contribution >= 0.6 is 0 Å². The van der Waals surface area contributed by atoms with Crippen LogP contribution in [-0.4, -0.2) is 25.6 Å². The van der Waals surface area contributed by atoms with E-state index in [1.165, 1.54) is 14.9 Å². The Balaban J connectivity index is 1.45. The summed E-state index contributed by atoms with van der Waals surface area (Å²) in [5.41, 5.74) is 4.26. The topological polar surface area (TPSA) is 79.0 Å². The quantitative estimate of drug-likeness (QED) is 0.565. The molecule has 7 nitrogen and oxygen atoms in total. The molecule has 0 spiro atoms. The van der Waals surface area contributed by atoms with Gasteiger partial charge >= 0.3 is 5.69 Å². The van der Waals surface area contributed by atoms with Crippen LogP contribution in [-0.2, 0) is 13.7 Å². The minimum absolute atomic E-state index is 0.203. The average Bonchev–Trinajstić information content (AvgIpc) is 3.66. The van der Waals surface area contributed by atoms with Crippen molar-refractivity contribution in [3.05, 3.63) is 69.1 Å². The third-order valence-corrected chi connectivity index (χ3v) is 5.93. The van der Waals surface area contributed by atoms with Crippen LogP contribution in [0.4, 0.5) is 0 Å². The van der Waals surface area contributed by atoms with Gasteiger partial charge in [-0.25, -0.2) is 4.79 Å². The van der Waals surface area contributed by atoms with Crippen molar-refractivity contribution in [3.8, 4) is 11.4 Å². The number of benzene rings is 2. The number of rotatable bonds is 7. The number of carbonyl (C=O) groups excluding carboxylic acids is 1. The smallest absolute Gasteiger partial charge is 0.368 e. The van der Waals surface area contributed by atoms with Crippen LogP contribution < -0.4 is 10.4 Å². The van der Waals surface area contributed by atoms with Crippen molar-refractivity contribution in [1.29, 1.82) is 0 Å². The van der Waals surface area contributed by atoms with E-state index in [-0.39, 0.29) is 17.4 Å². The third kappa shape index (κ3) is 3.44. The van der Waals surface area contributed by atoms with Gasteiger partial charge < -0.3 is 4.74 Å². The fourth-order valence-electron chi connectivity index (χ4n) is 3.89. The number of carbonyl (C=O) groups is 1. The standard InChI is InChI=1S/C23H24N4O3/c1-14-12-17(22(28)16-8-9-16)10-11-21(14)30-13-19-18(15-6-7-15)4-3-5-20(19)27-23(29)26(2)24-25-27/h3-5,10-12,15-16H,6-9,13H2,1-2H3. The summed E-state index contributed by atoms with van der Waals surface area (Å²) in [5.74, 6) is 1.67. The van der Waals surface area contributed by atoms with Crippen LogP contribution in [0.3, 0.4) is 0 Å². The molecule has 5 rings (SSSR count). The highest BCUT2D eigenvalue weighted by atomic mass is 16.5. The Morgan fingerprint density at radius 2 is 1.93 bits per heavy atom. The minimum atomic E-state index is -0.289. The molecule has 154 valence electrons. The van der Waals surface area contributed by atoms with E-state index in [0.717, 1.165) is 48.1 Å². The van der Waals surface area contributed by atoms with E-state index in [9.17, 15) is 9.59 Å². The van der Waals surface area contributed by atoms with Gasteiger partial charge in [-0.05, 0) is 84.3 Å². The summed E-state index contributed by atoms with van der Waals surface area (Å²) in [6, 6.07) is 11.6. The highest BCUT2D eigenvalue weighted by Gasteiger charge is 2.31. The van der Waals surface area contributed by atoms with Crippen LogP contribution in [0.5, 0.6) is 5.75 Å². The monoisotopic (exact) mass is 404 g/mol. The molecule has 1 heterocycles. The predicted molar refractivity (Wildman–Crippen MR) is 111 cm³/mol. The molecule has 2 aliphatic carbocycles. The second-order valence-electron chi connectivity index (χ2n) is 8.32. The molecule has 7 heteroatoms. The molecule has 0 saturated heterocycles. The number of Topliss-reactive ketones (excluding diaryl/α,β-unsaturated/α-hetero) is 1. The van der Waals surface area contributed by atoms with Crippen molar-refractivity contribution in [3.63, 3.8) is 0 Å². The number of ether oxygens (including phenoxy) is 1. The molecule has 1 aromatic heterocycles. The van der Waals surface area contributed by atoms with E-state index in [1.807, 2.05) is 37.3 Å². The van der Waals surface area contributed by atoms with Crippen molar-refractivity contribution in [1.82, 2.24) is 19.8 Å². The highest BCUT2D eigenvalue weighted by Crippen LogP contribution is 2.43. The van der Waals surface area contributed by atoms with Gasteiger partial charge in [-0.1, -0.05) is 12.1 Å². The molecule has 0 N–H and O–H groups in total. The van der Waals surface area contributed by atoms with Gasteiger partial charge in [0.05, 0.1) is 5.69 Å². The number of nitrogens with zero attached hydrogens (tertiary/aromatic N) is 4. The molecule has 2 aromatic carbocycles. The average molecular weight is 404 g/mol. The molecule has 0 atom stereocenters. The summed E-state index contributed by atoms with van der Waals surface area (Å²) in [7, 11) is 1.58. The van der Waals surface area contributed by atoms with E-state index in [2.05, 4.69) is 16.5 Å². The van der Waals surface area contributed by atoms with Crippen molar-refractivity contribution < 1.29 is 9.53 Å². The Bertz CT molecular complexity index is 1190. The molecule has 2 aliphatic rings. The Labute approximate surface area is 174 Å². The molecule has 0 aliphatic heterocycles. The van der Waals surface area contributed by atoms with Crippen LogP contribution in [0.15, 0.2) is 41.2 Å². The summed E-state index contributed by atoms with van der Waals surface area (Å²) in [6.45, 7) is 2.28. The zero-order valence-electron chi connectivity index (χ0n) is 17.2. The van der Waals surface area contributed by atoms with Gasteiger partial charge in [0, 0.05) is 24.1 Å². The van der Waals surface area contributed by atoms with Gasteiger partial charge in [0.1, 0.15) is 12.4 Å². The zero-order chi connectivity index (χ0) is 20.8. The first-order chi connectivity index (χ1) is 14.5. The van der Waals surface area contributed by atoms with Crippen LogP contribution in [0.25, 0.3) is 5.69 Å². The minimum Gasteiger partial charge on any atom is -0.489 e. The number of hydrogen-bond donors (Lipinski definition) is 0. The van der Waals surface area contributed by atoms with Crippen LogP contribution in [0.2, 0.25) is 0 Å². The maximum absolute atomic E-state index is 12.4. The van der Waals surface area contributed by atoms with Gasteiger partial charge in [-0.3, -0.25) is 4.79 Å². The lowest BCUT2D eigenvalue weighted by molar-refractivity contribution is 0.0967. The molecule has 2 fully saturated rings. The molecular formula is C23H24N4O3. The summed E-state index contributed by atoms with van der Waals surface area (Å²) in [5, 5.41) is 7.86. The van der Waals surface area contributed by atoms with E-state index >= 15 is 0 Å². The lowest BCUT2D eigenvalue weighted by Crippen LogP contribution is -2.23. The number of ketones is 1. The first-order valence-corrected chi connectivity index (χ1v) is 10.4. The van der Waals surface area contributed by atoms with Crippen LogP contribution in [0.1, 0.15) is 58.6 Å². The highest BCUT2D eigenvalue weighted by molar-refractivity contribution is 5.99. The molecular weight excluding hydrogens is 380 g/mol. The fraction of sp³-hybridized carbons (Fsp3) is 0.391. The van der Waals surface area contributed by atoms with E-state index in [1.54, 1.807) is 7.05 Å². The Morgan fingerprint density at radius 3 is 2.57 bits per heavy atom. The molecule has 0 bridgehead atoms. The Kier molecular flexibility index (Phi) is 4.53. The molecule has 3 aromatic rings. The lowest BCUT2D eigenvalue weighted by atomic mass is 10.0.